The van der Waals surface area contributed by atoms with Gasteiger partial charge in [-0.05, 0) is 20.9 Å². The summed E-state index contributed by atoms with van der Waals surface area (Å²) in [4.78, 5) is 27.7. The molecule has 1 aliphatic heterocycles. The van der Waals surface area contributed by atoms with Crippen LogP contribution < -0.4 is 0 Å². The summed E-state index contributed by atoms with van der Waals surface area (Å²) in [5.74, 6) is -1.03. The van der Waals surface area contributed by atoms with Crippen molar-refractivity contribution in [3.63, 3.8) is 0 Å². The van der Waals surface area contributed by atoms with Gasteiger partial charge in [-0.15, -0.1) is 0 Å². The first kappa shape index (κ1) is 14.9. The van der Waals surface area contributed by atoms with Crippen LogP contribution in [-0.2, 0) is 19.1 Å². The van der Waals surface area contributed by atoms with Gasteiger partial charge in [-0.1, -0.05) is 0 Å². The quantitative estimate of drug-likeness (QED) is 0.500. The molecule has 0 radical (unpaired) electrons. The van der Waals surface area contributed by atoms with Crippen LogP contribution in [0.2, 0.25) is 0 Å². The Hall–Kier alpha value is -1.14. The van der Waals surface area contributed by atoms with Crippen molar-refractivity contribution in [1.29, 1.82) is 0 Å². The second kappa shape index (κ2) is 7.33. The maximum atomic E-state index is 11.9. The molecule has 0 aromatic rings. The van der Waals surface area contributed by atoms with E-state index in [0.717, 1.165) is 13.1 Å². The normalized spacial score (nSPS) is 17.8. The molecule has 0 aromatic carbocycles. The topological polar surface area (TPSA) is 59.1 Å². The van der Waals surface area contributed by atoms with Gasteiger partial charge in [0.05, 0.1) is 13.2 Å². The highest BCUT2D eigenvalue weighted by Gasteiger charge is 2.36. The van der Waals surface area contributed by atoms with Gasteiger partial charge in [0.2, 0.25) is 6.04 Å². The number of hydrogen-bond donors (Lipinski definition) is 0. The van der Waals surface area contributed by atoms with Crippen LogP contribution in [0.15, 0.2) is 0 Å². The van der Waals surface area contributed by atoms with Crippen molar-refractivity contribution >= 4 is 11.9 Å². The predicted molar refractivity (Wildman–Crippen MR) is 66.1 cm³/mol. The Kier molecular flexibility index (Phi) is 6.07. The third kappa shape index (κ3) is 3.96. The van der Waals surface area contributed by atoms with Gasteiger partial charge in [-0.3, -0.25) is 4.90 Å². The number of rotatable bonds is 5. The standard InChI is InChI=1S/C12H22N2O4/c1-4-17-11(15)10(12(16)18-5-2)14-8-6-13(3)7-9-14/h10H,4-9H2,1-3H3. The van der Waals surface area contributed by atoms with Gasteiger partial charge in [0.1, 0.15) is 0 Å². The second-order valence-electron chi connectivity index (χ2n) is 4.25. The van der Waals surface area contributed by atoms with Crippen LogP contribution in [0.3, 0.4) is 0 Å². The first-order chi connectivity index (χ1) is 8.60. The Morgan fingerprint density at radius 3 is 1.83 bits per heavy atom. The lowest BCUT2D eigenvalue weighted by molar-refractivity contribution is -0.164. The van der Waals surface area contributed by atoms with E-state index in [1.54, 1.807) is 13.8 Å². The summed E-state index contributed by atoms with van der Waals surface area (Å²) < 4.78 is 9.91. The van der Waals surface area contributed by atoms with Crippen molar-refractivity contribution in [2.75, 3.05) is 46.4 Å². The lowest BCUT2D eigenvalue weighted by Crippen LogP contribution is -2.55. The highest BCUT2D eigenvalue weighted by molar-refractivity contribution is 5.99. The molecule has 0 bridgehead atoms. The molecule has 1 fully saturated rings. The molecule has 104 valence electrons. The largest absolute Gasteiger partial charge is 0.464 e. The number of hydrogen-bond acceptors (Lipinski definition) is 6. The molecular formula is C12H22N2O4. The monoisotopic (exact) mass is 258 g/mol. The fraction of sp³-hybridized carbons (Fsp3) is 0.833. The Labute approximate surface area is 108 Å². The van der Waals surface area contributed by atoms with Crippen LogP contribution in [0.4, 0.5) is 0 Å². The third-order valence-electron chi connectivity index (χ3n) is 2.92. The van der Waals surface area contributed by atoms with Crippen LogP contribution in [-0.4, -0.2) is 74.2 Å². The summed E-state index contributed by atoms with van der Waals surface area (Å²) in [7, 11) is 2.01. The fourth-order valence-electron chi connectivity index (χ4n) is 1.92. The molecule has 0 aliphatic carbocycles. The minimum Gasteiger partial charge on any atom is -0.464 e. The van der Waals surface area contributed by atoms with E-state index in [1.807, 2.05) is 11.9 Å². The molecule has 18 heavy (non-hydrogen) atoms. The molecule has 6 nitrogen and oxygen atoms in total. The van der Waals surface area contributed by atoms with E-state index in [0.29, 0.717) is 13.1 Å². The summed E-state index contributed by atoms with van der Waals surface area (Å²) >= 11 is 0. The molecule has 0 saturated carbocycles. The molecule has 0 unspecified atom stereocenters. The average molecular weight is 258 g/mol. The van der Waals surface area contributed by atoms with Crippen molar-refractivity contribution in [1.82, 2.24) is 9.80 Å². The van der Waals surface area contributed by atoms with Crippen LogP contribution >= 0.6 is 0 Å². The first-order valence-corrected chi connectivity index (χ1v) is 6.36. The smallest absolute Gasteiger partial charge is 0.335 e. The van der Waals surface area contributed by atoms with Crippen molar-refractivity contribution in [2.45, 2.75) is 19.9 Å². The summed E-state index contributed by atoms with van der Waals surface area (Å²) in [6.07, 6.45) is 0. The fourth-order valence-corrected chi connectivity index (χ4v) is 1.92. The van der Waals surface area contributed by atoms with Crippen LogP contribution in [0.1, 0.15) is 13.8 Å². The highest BCUT2D eigenvalue weighted by atomic mass is 16.6. The van der Waals surface area contributed by atoms with E-state index in [1.165, 1.54) is 0 Å². The molecule has 1 heterocycles. The van der Waals surface area contributed by atoms with Crippen molar-refractivity contribution < 1.29 is 19.1 Å². The number of piperazine rings is 1. The van der Waals surface area contributed by atoms with Gasteiger partial charge in [-0.2, -0.15) is 0 Å². The predicted octanol–water partition coefficient (Wildman–Crippen LogP) is -0.271. The van der Waals surface area contributed by atoms with Gasteiger partial charge in [0.15, 0.2) is 0 Å². The van der Waals surface area contributed by atoms with Crippen LogP contribution in [0.5, 0.6) is 0 Å². The number of nitrogens with zero attached hydrogens (tertiary/aromatic N) is 2. The summed E-state index contributed by atoms with van der Waals surface area (Å²) in [6.45, 7) is 6.97. The molecule has 0 aromatic heterocycles. The molecule has 1 rings (SSSR count). The van der Waals surface area contributed by atoms with E-state index in [-0.39, 0.29) is 13.2 Å². The van der Waals surface area contributed by atoms with Crippen molar-refractivity contribution in [2.24, 2.45) is 0 Å². The Morgan fingerprint density at radius 2 is 1.44 bits per heavy atom. The van der Waals surface area contributed by atoms with Gasteiger partial charge >= 0.3 is 11.9 Å². The number of esters is 2. The first-order valence-electron chi connectivity index (χ1n) is 6.36. The van der Waals surface area contributed by atoms with E-state index in [2.05, 4.69) is 4.90 Å². The number of ether oxygens (including phenoxy) is 2. The van der Waals surface area contributed by atoms with Crippen LogP contribution in [0, 0.1) is 0 Å². The third-order valence-corrected chi connectivity index (χ3v) is 2.92. The zero-order chi connectivity index (χ0) is 13.5. The zero-order valence-electron chi connectivity index (χ0n) is 11.3. The lowest BCUT2D eigenvalue weighted by Gasteiger charge is -2.35. The van der Waals surface area contributed by atoms with E-state index < -0.39 is 18.0 Å². The highest BCUT2D eigenvalue weighted by Crippen LogP contribution is 2.09. The molecule has 6 heteroatoms. The second-order valence-corrected chi connectivity index (χ2v) is 4.25. The SMILES string of the molecule is CCOC(=O)C(C(=O)OCC)N1CCN(C)CC1. The van der Waals surface area contributed by atoms with Gasteiger partial charge in [0, 0.05) is 26.2 Å². The number of likely N-dealkylation sites (N-methyl/N-ethyl adjacent to an activating group) is 1. The van der Waals surface area contributed by atoms with Crippen LogP contribution in [0.25, 0.3) is 0 Å². The summed E-state index contributed by atoms with van der Waals surface area (Å²) in [6, 6.07) is -0.918. The summed E-state index contributed by atoms with van der Waals surface area (Å²) in [5, 5.41) is 0. The lowest BCUT2D eigenvalue weighted by atomic mass is 10.2. The summed E-state index contributed by atoms with van der Waals surface area (Å²) in [5.41, 5.74) is 0. The Bertz CT molecular complexity index is 270. The molecule has 0 atom stereocenters. The average Bonchev–Trinajstić information content (AvgIpc) is 2.33. The molecule has 0 N–H and O–H groups in total. The molecule has 1 saturated heterocycles. The zero-order valence-corrected chi connectivity index (χ0v) is 11.3. The Morgan fingerprint density at radius 1 is 1.00 bits per heavy atom. The van der Waals surface area contributed by atoms with E-state index in [4.69, 9.17) is 9.47 Å². The van der Waals surface area contributed by atoms with Gasteiger partial charge < -0.3 is 14.4 Å². The minimum atomic E-state index is -0.918. The van der Waals surface area contributed by atoms with Gasteiger partial charge in [0.25, 0.3) is 0 Å². The molecule has 0 spiro atoms. The number of carbonyl (C=O) groups excluding carboxylic acids is 2. The maximum absolute atomic E-state index is 11.9. The molecule has 1 aliphatic rings. The maximum Gasteiger partial charge on any atom is 0.335 e. The number of carbonyl (C=O) groups is 2. The molecule has 0 amide bonds. The van der Waals surface area contributed by atoms with Gasteiger partial charge in [-0.25, -0.2) is 9.59 Å². The van der Waals surface area contributed by atoms with Crippen molar-refractivity contribution in [3.05, 3.63) is 0 Å². The minimum absolute atomic E-state index is 0.266. The van der Waals surface area contributed by atoms with E-state index >= 15 is 0 Å². The van der Waals surface area contributed by atoms with Crippen molar-refractivity contribution in [3.8, 4) is 0 Å². The molecular weight excluding hydrogens is 236 g/mol. The van der Waals surface area contributed by atoms with E-state index in [9.17, 15) is 9.59 Å². The Balaban J connectivity index is 2.70.